The standard InChI is InChI=1S/C44H82N4O5P2/c1-6-42(51)41(48-44(53)31-18-14-10-8-12-16-24-38(50)26-22-28-40(55-46)34-36(4)5)29-19-20-32-47-43(52)30-17-13-9-7-11-15-23-37(49)25-21-27-39(54-45)33-35(2)3/h35-36,39-41,45-46H,6-34H2,1-5H3,(H,47,52)(H,48,53)/t39-,40-,41+/m1/s1/i/hH2. The third kappa shape index (κ3) is 34.0. The van der Waals surface area contributed by atoms with Crippen LogP contribution in [0.25, 0.3) is 0 Å². The van der Waals surface area contributed by atoms with Crippen LogP contribution >= 0.6 is 16.7 Å². The molecule has 0 rings (SSSR count). The first-order valence-electron chi connectivity index (χ1n) is 23.1. The molecule has 9 nitrogen and oxygen atoms in total. The number of hydrogen-bond acceptors (Lipinski definition) is 7. The maximum Gasteiger partial charge on any atom is 0.220 e. The van der Waals surface area contributed by atoms with Gasteiger partial charge in [-0.1, -0.05) is 86.0 Å². The molecule has 0 fully saturated rings. The highest BCUT2D eigenvalue weighted by Crippen LogP contribution is 2.24. The van der Waals surface area contributed by atoms with Gasteiger partial charge in [0.1, 0.15) is 11.6 Å². The number of Topliss-reactive ketones (excluding diaryl/α,β-unsaturated/α-hetero) is 3. The number of hydrogen-bond donors (Lipinski definition) is 4. The number of rotatable bonds is 40. The number of ketones is 3. The van der Waals surface area contributed by atoms with Crippen molar-refractivity contribution in [1.29, 1.82) is 10.3 Å². The highest BCUT2D eigenvalue weighted by Gasteiger charge is 2.19. The number of unbranched alkanes of at least 4 members (excludes halogenated alkanes) is 11. The average Bonchev–Trinajstić information content (AvgIpc) is 3.15. The van der Waals surface area contributed by atoms with E-state index in [0.29, 0.717) is 92.6 Å². The Morgan fingerprint density at radius 3 is 1.38 bits per heavy atom. The van der Waals surface area contributed by atoms with Crippen LogP contribution in [0.1, 0.15) is 214 Å². The van der Waals surface area contributed by atoms with Crippen LogP contribution in [0.15, 0.2) is 0 Å². The summed E-state index contributed by atoms with van der Waals surface area (Å²) in [6.07, 6.45) is 23.5. The molecule has 318 valence electrons. The first-order valence-corrected chi connectivity index (χ1v) is 24.0. The van der Waals surface area contributed by atoms with Crippen LogP contribution in [-0.2, 0) is 24.0 Å². The predicted molar refractivity (Wildman–Crippen MR) is 231 cm³/mol. The fourth-order valence-corrected chi connectivity index (χ4v) is 8.73. The highest BCUT2D eigenvalue weighted by molar-refractivity contribution is 7.26. The molecule has 0 saturated carbocycles. The van der Waals surface area contributed by atoms with Gasteiger partial charge >= 0.3 is 0 Å². The van der Waals surface area contributed by atoms with E-state index < -0.39 is 6.04 Å². The van der Waals surface area contributed by atoms with Gasteiger partial charge < -0.3 is 10.6 Å². The third-order valence-electron chi connectivity index (χ3n) is 10.3. The maximum atomic E-state index is 12.6. The first-order chi connectivity index (χ1) is 27.4. The van der Waals surface area contributed by atoms with Gasteiger partial charge in [0.25, 0.3) is 0 Å². The van der Waals surface area contributed by atoms with Gasteiger partial charge in [-0.2, -0.15) is 0 Å². The van der Waals surface area contributed by atoms with E-state index in [1.807, 2.05) is 6.92 Å². The molecule has 0 aromatic heterocycles. The van der Waals surface area contributed by atoms with Crippen molar-refractivity contribution in [3.63, 3.8) is 0 Å². The van der Waals surface area contributed by atoms with Crippen LogP contribution in [0.3, 0.4) is 0 Å². The van der Waals surface area contributed by atoms with Gasteiger partial charge in [0.05, 0.1) is 6.04 Å². The van der Waals surface area contributed by atoms with Gasteiger partial charge in [0.15, 0.2) is 8.61 Å². The van der Waals surface area contributed by atoms with Crippen LogP contribution in [0, 0.1) is 22.1 Å². The zero-order valence-corrected chi connectivity index (χ0v) is 37.5. The van der Waals surface area contributed by atoms with E-state index >= 15 is 0 Å². The number of carbonyl (C=O) groups excluding carboxylic acids is 5. The molecule has 4 N–H and O–H groups in total. The molecular formula is C44H82N4O5P2. The van der Waals surface area contributed by atoms with Crippen molar-refractivity contribution in [2.24, 2.45) is 11.8 Å². The second kappa shape index (κ2) is 36.5. The van der Waals surface area contributed by atoms with Crippen molar-refractivity contribution in [3.05, 3.63) is 0 Å². The van der Waals surface area contributed by atoms with Gasteiger partial charge in [-0.05, 0) is 95.3 Å². The molecule has 0 aliphatic rings. The van der Waals surface area contributed by atoms with Crippen LogP contribution in [0.5, 0.6) is 0 Å². The van der Waals surface area contributed by atoms with Crippen LogP contribution in [0.2, 0.25) is 2.82 Å². The van der Waals surface area contributed by atoms with Gasteiger partial charge in [0.2, 0.25) is 11.8 Å². The molecule has 0 aromatic rings. The van der Waals surface area contributed by atoms with Crippen LogP contribution in [0.4, 0.5) is 0 Å². The van der Waals surface area contributed by atoms with Crippen molar-refractivity contribution in [1.82, 2.24) is 10.6 Å². The summed E-state index contributed by atoms with van der Waals surface area (Å²) in [7, 11) is 1.65. The molecule has 0 heterocycles. The smallest absolute Gasteiger partial charge is 0.220 e. The summed E-state index contributed by atoms with van der Waals surface area (Å²) in [6.45, 7) is 11.1. The van der Waals surface area contributed by atoms with E-state index in [9.17, 15) is 24.0 Å². The van der Waals surface area contributed by atoms with Gasteiger partial charge in [-0.15, -0.1) is 0 Å². The lowest BCUT2D eigenvalue weighted by Gasteiger charge is -2.17. The molecule has 0 radical (unpaired) electrons. The van der Waals surface area contributed by atoms with E-state index in [0.717, 1.165) is 145 Å². The molecule has 11 heteroatoms. The Balaban J connectivity index is 3.92. The molecule has 0 unspecified atom stereocenters. The minimum atomic E-state index is -0.467. The van der Waals surface area contributed by atoms with E-state index in [1.54, 1.807) is 0 Å². The van der Waals surface area contributed by atoms with Gasteiger partial charge in [-0.25, -0.2) is 0 Å². The lowest BCUT2D eigenvalue weighted by atomic mass is 10.0. The molecule has 2 amide bonds. The number of carbonyl (C=O) groups is 5. The summed E-state index contributed by atoms with van der Waals surface area (Å²) in [5.41, 5.74) is 0.773. The van der Waals surface area contributed by atoms with E-state index in [-0.39, 0.29) is 17.6 Å². The third-order valence-corrected chi connectivity index (χ3v) is 11.9. The minimum Gasteiger partial charge on any atom is -0.356 e. The largest absolute Gasteiger partial charge is 0.356 e. The lowest BCUT2D eigenvalue weighted by molar-refractivity contribution is -0.128. The highest BCUT2D eigenvalue weighted by atomic mass is 31.1. The zero-order valence-electron chi connectivity index (χ0n) is 37.7. The molecule has 0 saturated heterocycles. The van der Waals surface area contributed by atoms with E-state index in [1.165, 1.54) is 0 Å². The van der Waals surface area contributed by atoms with Gasteiger partial charge in [-0.3, -0.25) is 34.3 Å². The topological polar surface area (TPSA) is 157 Å². The van der Waals surface area contributed by atoms with Crippen molar-refractivity contribution < 1.29 is 26.8 Å². The Morgan fingerprint density at radius 2 is 0.945 bits per heavy atom. The molecule has 3 atom stereocenters. The second-order valence-corrected chi connectivity index (χ2v) is 18.6. The number of amides is 2. The summed E-state index contributed by atoms with van der Waals surface area (Å²) in [5.74, 6) is 1.87. The lowest BCUT2D eigenvalue weighted by Crippen LogP contribution is -2.40. The summed E-state index contributed by atoms with van der Waals surface area (Å²) >= 11 is 0. The Kier molecular flexibility index (Phi) is 32.7. The summed E-state index contributed by atoms with van der Waals surface area (Å²) < 4.78 is 14.3. The van der Waals surface area contributed by atoms with Crippen LogP contribution < -0.4 is 10.6 Å². The Labute approximate surface area is 342 Å². The van der Waals surface area contributed by atoms with E-state index in [2.05, 4.69) is 48.6 Å². The molecule has 55 heavy (non-hydrogen) atoms. The molecule has 0 bridgehead atoms. The Bertz CT molecular complexity index is 1140. The SMILES string of the molecule is [1H]N=P[C@H](CCCC(=O)CCCCCCCCC(=O)NCCCC[C@H](NC(=O)CCCCCCCCC(=O)CCC[C@H](CC(C)C)P=N[1H])C(=O)CC)CC(C)C. The normalized spacial score (nSPS) is 13.9. The number of nitrogens with one attached hydrogen (secondary N) is 4. The zero-order chi connectivity index (χ0) is 42.5. The fraction of sp³-hybridized carbons (Fsp3) is 0.886. The fourth-order valence-electron chi connectivity index (χ4n) is 7.10. The molecule has 0 aliphatic heterocycles. The summed E-state index contributed by atoms with van der Waals surface area (Å²) in [5, 5.41) is 13.0. The monoisotopic (exact) mass is 809 g/mol. The van der Waals surface area contributed by atoms with Crippen molar-refractivity contribution in [3.8, 4) is 0 Å². The predicted octanol–water partition coefficient (Wildman–Crippen LogP) is 12.7. The first kappa shape index (κ1) is 49.3. The molecular weight excluding hydrogens is 726 g/mol. The van der Waals surface area contributed by atoms with Crippen LogP contribution in [-0.4, -0.2) is 53.1 Å². The Morgan fingerprint density at radius 1 is 0.527 bits per heavy atom. The summed E-state index contributed by atoms with van der Waals surface area (Å²) in [6, 6.07) is -0.467. The second-order valence-electron chi connectivity index (χ2n) is 16.7. The summed E-state index contributed by atoms with van der Waals surface area (Å²) in [4.78, 5) is 61.9. The quantitative estimate of drug-likeness (QED) is 0.0358. The van der Waals surface area contributed by atoms with Crippen molar-refractivity contribution in [2.75, 3.05) is 6.54 Å². The Hall–Kier alpha value is -1.85. The van der Waals surface area contributed by atoms with Crippen molar-refractivity contribution in [2.45, 2.75) is 232 Å². The van der Waals surface area contributed by atoms with Gasteiger partial charge in [0, 0.05) is 79.6 Å². The van der Waals surface area contributed by atoms with Crippen molar-refractivity contribution >= 4 is 45.9 Å². The minimum absolute atomic E-state index is 0.0472. The molecule has 0 aliphatic carbocycles. The van der Waals surface area contributed by atoms with E-state index in [4.69, 9.17) is 2.82 Å². The average molecular weight is 809 g/mol. The molecule has 0 aromatic carbocycles. The maximum absolute atomic E-state index is 12.6. The molecule has 0 spiro atoms.